The Labute approximate surface area is 215 Å². The van der Waals surface area contributed by atoms with Crippen molar-refractivity contribution >= 4 is 17.5 Å². The summed E-state index contributed by atoms with van der Waals surface area (Å²) >= 11 is 0. The number of fused-ring (bicyclic) bond motifs is 3. The van der Waals surface area contributed by atoms with E-state index in [0.717, 1.165) is 12.1 Å². The van der Waals surface area contributed by atoms with Crippen molar-refractivity contribution in [2.75, 3.05) is 20.6 Å². The number of aliphatic hydroxyl groups is 3. The molecule has 0 saturated carbocycles. The second-order valence-corrected chi connectivity index (χ2v) is 11.7. The molecule has 10 nitrogen and oxygen atoms in total. The smallest absolute Gasteiger partial charge is 0.255 e. The van der Waals surface area contributed by atoms with E-state index >= 15 is 0 Å². The molecule has 0 heterocycles. The first-order chi connectivity index (χ1) is 17.1. The Balaban J connectivity index is 1.84. The van der Waals surface area contributed by atoms with E-state index < -0.39 is 58.0 Å². The van der Waals surface area contributed by atoms with Crippen molar-refractivity contribution in [1.82, 2.24) is 10.2 Å². The molecule has 1 amide bonds. The van der Waals surface area contributed by atoms with Crippen LogP contribution in [-0.2, 0) is 22.6 Å². The second kappa shape index (κ2) is 8.97. The third-order valence-electron chi connectivity index (χ3n) is 7.67. The lowest BCUT2D eigenvalue weighted by atomic mass is 9.58. The number of amides is 1. The van der Waals surface area contributed by atoms with Crippen molar-refractivity contribution in [1.29, 1.82) is 0 Å². The zero-order valence-electron chi connectivity index (χ0n) is 21.8. The first kappa shape index (κ1) is 26.8. The molecule has 0 spiro atoms. The molecule has 3 aliphatic carbocycles. The minimum absolute atomic E-state index is 0.0239. The van der Waals surface area contributed by atoms with Gasteiger partial charge < -0.3 is 31.5 Å². The Morgan fingerprint density at radius 1 is 1.19 bits per heavy atom. The fraction of sp³-hybridized carbons (Fsp3) is 0.519. The molecule has 0 aliphatic heterocycles. The Hall–Kier alpha value is -3.21. The molecule has 0 radical (unpaired) electrons. The average Bonchev–Trinajstić information content (AvgIpc) is 2.76. The molecule has 0 fully saturated rings. The number of carbonyl (C=O) groups excluding carboxylic acids is 3. The minimum Gasteiger partial charge on any atom is -0.510 e. The SMILES string of the molecule is CN(C)[C@@H]1C(O)=C(C(N)=O)C(=O)[C@@]2(O)C(O)=C3C(=O)c4c(O)ccc(CNCC(C)(C)C)c4C[C@H]3C[C@@H]12. The van der Waals surface area contributed by atoms with Crippen molar-refractivity contribution in [3.63, 3.8) is 0 Å². The molecule has 4 rings (SSSR count). The number of benzene rings is 1. The number of rotatable bonds is 5. The molecule has 3 aliphatic rings. The van der Waals surface area contributed by atoms with E-state index in [1.807, 2.05) is 0 Å². The molecule has 37 heavy (non-hydrogen) atoms. The molecule has 0 saturated heterocycles. The van der Waals surface area contributed by atoms with E-state index in [1.54, 1.807) is 20.2 Å². The number of nitrogens with zero attached hydrogens (tertiary/aromatic N) is 1. The number of nitrogens with two attached hydrogens (primary N) is 1. The molecule has 10 heteroatoms. The van der Waals surface area contributed by atoms with Gasteiger partial charge in [-0.2, -0.15) is 0 Å². The number of allylic oxidation sites excluding steroid dienone is 1. The van der Waals surface area contributed by atoms with Gasteiger partial charge in [-0.1, -0.05) is 26.8 Å². The number of hydrogen-bond acceptors (Lipinski definition) is 9. The first-order valence-electron chi connectivity index (χ1n) is 12.3. The molecule has 1 aromatic rings. The van der Waals surface area contributed by atoms with Gasteiger partial charge in [0.25, 0.3) is 5.91 Å². The highest BCUT2D eigenvalue weighted by atomic mass is 16.3. The molecule has 1 aromatic carbocycles. The van der Waals surface area contributed by atoms with Gasteiger partial charge in [-0.15, -0.1) is 0 Å². The topological polar surface area (TPSA) is 173 Å². The summed E-state index contributed by atoms with van der Waals surface area (Å²) in [5, 5.41) is 47.8. The number of aromatic hydroxyl groups is 1. The van der Waals surface area contributed by atoms with Gasteiger partial charge in [-0.05, 0) is 55.5 Å². The molecule has 4 atom stereocenters. The van der Waals surface area contributed by atoms with Crippen molar-refractivity contribution in [3.05, 3.63) is 51.5 Å². The zero-order chi connectivity index (χ0) is 27.6. The summed E-state index contributed by atoms with van der Waals surface area (Å²) in [5.41, 5.74) is 3.27. The van der Waals surface area contributed by atoms with Crippen molar-refractivity contribution < 1.29 is 34.8 Å². The predicted molar refractivity (Wildman–Crippen MR) is 135 cm³/mol. The van der Waals surface area contributed by atoms with Gasteiger partial charge in [0.15, 0.2) is 11.4 Å². The predicted octanol–water partition coefficient (Wildman–Crippen LogP) is 1.26. The minimum atomic E-state index is -2.63. The van der Waals surface area contributed by atoms with Crippen LogP contribution < -0.4 is 11.1 Å². The number of primary amides is 1. The van der Waals surface area contributed by atoms with E-state index in [0.29, 0.717) is 12.1 Å². The third-order valence-corrected chi connectivity index (χ3v) is 7.67. The van der Waals surface area contributed by atoms with E-state index in [9.17, 15) is 34.8 Å². The molecule has 0 unspecified atom stereocenters. The summed E-state index contributed by atoms with van der Waals surface area (Å²) in [6.45, 7) is 7.47. The Kier molecular flexibility index (Phi) is 6.51. The maximum Gasteiger partial charge on any atom is 0.255 e. The monoisotopic (exact) mass is 513 g/mol. The normalized spacial score (nSPS) is 27.8. The van der Waals surface area contributed by atoms with Crippen molar-refractivity contribution in [2.24, 2.45) is 23.0 Å². The van der Waals surface area contributed by atoms with Crippen LogP contribution in [0.25, 0.3) is 0 Å². The molecule has 200 valence electrons. The maximum absolute atomic E-state index is 13.7. The summed E-state index contributed by atoms with van der Waals surface area (Å²) in [7, 11) is 3.20. The van der Waals surface area contributed by atoms with Gasteiger partial charge in [-0.3, -0.25) is 19.3 Å². The number of hydrogen-bond donors (Lipinski definition) is 6. The first-order valence-corrected chi connectivity index (χ1v) is 12.3. The number of likely N-dealkylation sites (N-methyl/N-ethyl adjacent to an activating group) is 1. The van der Waals surface area contributed by atoms with Crippen molar-refractivity contribution in [2.45, 2.75) is 51.8 Å². The zero-order valence-corrected chi connectivity index (χ0v) is 21.8. The van der Waals surface area contributed by atoms with Crippen LogP contribution in [0.4, 0.5) is 0 Å². The number of phenols is 1. The van der Waals surface area contributed by atoms with E-state index in [1.165, 1.54) is 11.0 Å². The van der Waals surface area contributed by atoms with Gasteiger partial charge >= 0.3 is 0 Å². The van der Waals surface area contributed by atoms with Crippen LogP contribution in [0.15, 0.2) is 34.8 Å². The number of carbonyl (C=O) groups is 3. The van der Waals surface area contributed by atoms with Crippen LogP contribution in [0.1, 0.15) is 48.7 Å². The van der Waals surface area contributed by atoms with Gasteiger partial charge in [0, 0.05) is 24.6 Å². The largest absolute Gasteiger partial charge is 0.510 e. The number of aliphatic hydroxyl groups excluding tert-OH is 2. The molecular formula is C27H35N3O7. The van der Waals surface area contributed by atoms with Crippen LogP contribution in [-0.4, -0.2) is 75.1 Å². The molecular weight excluding hydrogens is 478 g/mol. The van der Waals surface area contributed by atoms with Crippen LogP contribution in [0.3, 0.4) is 0 Å². The fourth-order valence-electron chi connectivity index (χ4n) is 6.05. The molecule has 0 aromatic heterocycles. The van der Waals surface area contributed by atoms with Crippen LogP contribution in [0.2, 0.25) is 0 Å². The Bertz CT molecular complexity index is 1260. The number of nitrogens with one attached hydrogen (secondary N) is 1. The third kappa shape index (κ3) is 4.13. The Morgan fingerprint density at radius 3 is 2.41 bits per heavy atom. The summed E-state index contributed by atoms with van der Waals surface area (Å²) in [6.07, 6.45) is 0.339. The maximum atomic E-state index is 13.7. The highest BCUT2D eigenvalue weighted by Gasteiger charge is 2.63. The lowest BCUT2D eigenvalue weighted by Crippen LogP contribution is -2.63. The van der Waals surface area contributed by atoms with Gasteiger partial charge in [0.05, 0.1) is 11.6 Å². The van der Waals surface area contributed by atoms with E-state index in [4.69, 9.17) is 5.73 Å². The fourth-order valence-corrected chi connectivity index (χ4v) is 6.05. The van der Waals surface area contributed by atoms with E-state index in [-0.39, 0.29) is 35.1 Å². The highest BCUT2D eigenvalue weighted by molar-refractivity contribution is 6.24. The second-order valence-electron chi connectivity index (χ2n) is 11.7. The van der Waals surface area contributed by atoms with Crippen LogP contribution in [0.5, 0.6) is 5.75 Å². The quantitative estimate of drug-likeness (QED) is 0.317. The molecule has 7 N–H and O–H groups in total. The summed E-state index contributed by atoms with van der Waals surface area (Å²) in [5.74, 6) is -6.50. The summed E-state index contributed by atoms with van der Waals surface area (Å²) in [6, 6.07) is 2.16. The summed E-state index contributed by atoms with van der Waals surface area (Å²) in [4.78, 5) is 40.6. The summed E-state index contributed by atoms with van der Waals surface area (Å²) < 4.78 is 0. The van der Waals surface area contributed by atoms with Crippen LogP contribution >= 0.6 is 0 Å². The lowest BCUT2D eigenvalue weighted by Gasteiger charge is -2.50. The number of Topliss-reactive ketones (excluding diaryl/α,β-unsaturated/α-hetero) is 2. The van der Waals surface area contributed by atoms with Gasteiger partial charge in [-0.25, -0.2) is 0 Å². The van der Waals surface area contributed by atoms with E-state index in [2.05, 4.69) is 26.1 Å². The standard InChI is InChI=1S/C27H35N3O7/c1-26(2,3)11-29-10-12-6-7-16(31)18-14(12)8-13-9-15-20(30(4)5)22(33)19(25(28)36)24(35)27(15,37)23(34)17(13)21(18)32/h6-7,13,15,20,29,31,33-34,37H,8-11H2,1-5H3,(H2,28,36)/t13-,15-,20-,27-/m0/s1. The average molecular weight is 514 g/mol. The number of ketones is 2. The van der Waals surface area contributed by atoms with Crippen LogP contribution in [0, 0.1) is 17.3 Å². The highest BCUT2D eigenvalue weighted by Crippen LogP contribution is 2.52. The Morgan fingerprint density at radius 2 is 1.84 bits per heavy atom. The molecule has 0 bridgehead atoms. The van der Waals surface area contributed by atoms with Crippen molar-refractivity contribution in [3.8, 4) is 5.75 Å². The number of phenolic OH excluding ortho intramolecular Hbond substituents is 1. The lowest BCUT2D eigenvalue weighted by molar-refractivity contribution is -0.148. The van der Waals surface area contributed by atoms with Gasteiger partial charge in [0.2, 0.25) is 5.78 Å². The van der Waals surface area contributed by atoms with Gasteiger partial charge in [0.1, 0.15) is 22.8 Å².